The Hall–Kier alpha value is -1.53. The molecule has 2 N–H and O–H groups in total. The smallest absolute Gasteiger partial charge is 0.253 e. The molecular formula is C15H19ClN2O3S. The van der Waals surface area contributed by atoms with Gasteiger partial charge in [-0.1, -0.05) is 23.3 Å². The van der Waals surface area contributed by atoms with E-state index in [0.29, 0.717) is 12.2 Å². The van der Waals surface area contributed by atoms with Crippen molar-refractivity contribution in [2.75, 3.05) is 17.5 Å². The van der Waals surface area contributed by atoms with Crippen LogP contribution in [0.25, 0.3) is 0 Å². The fourth-order valence-corrected chi connectivity index (χ4v) is 3.09. The van der Waals surface area contributed by atoms with Crippen LogP contribution < -0.4 is 10.0 Å². The van der Waals surface area contributed by atoms with Gasteiger partial charge in [0, 0.05) is 12.2 Å². The van der Waals surface area contributed by atoms with Crippen molar-refractivity contribution in [1.29, 1.82) is 0 Å². The molecule has 1 aromatic carbocycles. The molecule has 7 heteroatoms. The second-order valence-electron chi connectivity index (χ2n) is 5.36. The monoisotopic (exact) mass is 342 g/mol. The van der Waals surface area contributed by atoms with E-state index < -0.39 is 10.0 Å². The molecule has 0 radical (unpaired) electrons. The zero-order valence-corrected chi connectivity index (χ0v) is 13.9. The summed E-state index contributed by atoms with van der Waals surface area (Å²) in [5, 5.41) is 3.12. The average Bonchev–Trinajstić information content (AvgIpc) is 2.46. The summed E-state index contributed by atoms with van der Waals surface area (Å²) in [4.78, 5) is 12.2. The highest BCUT2D eigenvalue weighted by atomic mass is 35.5. The number of benzene rings is 1. The maximum absolute atomic E-state index is 12.2. The maximum atomic E-state index is 12.2. The van der Waals surface area contributed by atoms with Gasteiger partial charge >= 0.3 is 0 Å². The summed E-state index contributed by atoms with van der Waals surface area (Å²) >= 11 is 6.03. The molecule has 1 amide bonds. The van der Waals surface area contributed by atoms with Crippen LogP contribution in [0.4, 0.5) is 5.69 Å². The zero-order valence-electron chi connectivity index (χ0n) is 12.4. The summed E-state index contributed by atoms with van der Waals surface area (Å²) < 4.78 is 24.8. The van der Waals surface area contributed by atoms with Crippen LogP contribution in [0.2, 0.25) is 5.02 Å². The van der Waals surface area contributed by atoms with Crippen LogP contribution in [0.15, 0.2) is 29.8 Å². The largest absolute Gasteiger partial charge is 0.348 e. The molecular weight excluding hydrogens is 324 g/mol. The summed E-state index contributed by atoms with van der Waals surface area (Å²) in [6.07, 6.45) is 7.62. The number of carbonyl (C=O) groups is 1. The van der Waals surface area contributed by atoms with Crippen LogP contribution in [-0.4, -0.2) is 27.1 Å². The van der Waals surface area contributed by atoms with Crippen LogP contribution in [0.3, 0.4) is 0 Å². The lowest BCUT2D eigenvalue weighted by atomic mass is 9.99. The van der Waals surface area contributed by atoms with Gasteiger partial charge in [0.15, 0.2) is 0 Å². The van der Waals surface area contributed by atoms with Gasteiger partial charge in [-0.25, -0.2) is 8.42 Å². The first kappa shape index (κ1) is 16.8. The number of amides is 1. The van der Waals surface area contributed by atoms with E-state index in [2.05, 4.69) is 16.1 Å². The number of hydrogen-bond acceptors (Lipinski definition) is 3. The van der Waals surface area contributed by atoms with Crippen molar-refractivity contribution in [3.8, 4) is 0 Å². The highest BCUT2D eigenvalue weighted by Crippen LogP contribution is 2.22. The number of allylic oxidation sites excluding steroid dienone is 1. The van der Waals surface area contributed by atoms with Gasteiger partial charge in [-0.2, -0.15) is 0 Å². The van der Waals surface area contributed by atoms with E-state index in [1.54, 1.807) is 0 Å². The highest BCUT2D eigenvalue weighted by molar-refractivity contribution is 7.92. The molecule has 120 valence electrons. The molecule has 1 aromatic rings. The minimum atomic E-state index is -3.40. The lowest BCUT2D eigenvalue weighted by Crippen LogP contribution is -2.26. The van der Waals surface area contributed by atoms with Gasteiger partial charge in [-0.15, -0.1) is 0 Å². The Morgan fingerprint density at radius 3 is 2.73 bits per heavy atom. The van der Waals surface area contributed by atoms with Crippen LogP contribution in [-0.2, 0) is 10.0 Å². The normalized spacial score (nSPS) is 15.1. The van der Waals surface area contributed by atoms with Gasteiger partial charge in [0.2, 0.25) is 10.0 Å². The molecule has 1 aliphatic carbocycles. The molecule has 0 fully saturated rings. The zero-order chi connectivity index (χ0) is 16.2. The SMILES string of the molecule is CS(=O)(=O)Nc1ccc(Cl)c(C(=O)NCC2=CCCCC2)c1. The summed E-state index contributed by atoms with van der Waals surface area (Å²) in [7, 11) is -3.40. The third-order valence-corrected chi connectivity index (χ3v) is 4.31. The third kappa shape index (κ3) is 5.03. The average molecular weight is 343 g/mol. The van der Waals surface area contributed by atoms with E-state index in [0.717, 1.165) is 25.5 Å². The molecule has 0 spiro atoms. The van der Waals surface area contributed by atoms with Gasteiger partial charge in [0.05, 0.1) is 16.8 Å². The Labute approximate surface area is 135 Å². The van der Waals surface area contributed by atoms with Gasteiger partial charge in [-0.3, -0.25) is 9.52 Å². The van der Waals surface area contributed by atoms with E-state index in [4.69, 9.17) is 11.6 Å². The summed E-state index contributed by atoms with van der Waals surface area (Å²) in [6.45, 7) is 0.499. The topological polar surface area (TPSA) is 75.3 Å². The van der Waals surface area contributed by atoms with Crippen LogP contribution >= 0.6 is 11.6 Å². The first-order valence-electron chi connectivity index (χ1n) is 7.08. The lowest BCUT2D eigenvalue weighted by molar-refractivity contribution is 0.0956. The molecule has 0 bridgehead atoms. The third-order valence-electron chi connectivity index (χ3n) is 3.38. The molecule has 0 saturated carbocycles. The van der Waals surface area contributed by atoms with Gasteiger partial charge < -0.3 is 5.32 Å². The van der Waals surface area contributed by atoms with Crippen LogP contribution in [0.5, 0.6) is 0 Å². The quantitative estimate of drug-likeness (QED) is 0.808. The van der Waals surface area contributed by atoms with E-state index in [1.165, 1.54) is 30.2 Å². The number of rotatable bonds is 5. The molecule has 0 atom stereocenters. The number of halogens is 1. The molecule has 0 saturated heterocycles. The molecule has 2 rings (SSSR count). The van der Waals surface area contributed by atoms with Crippen molar-refractivity contribution >= 4 is 33.2 Å². The summed E-state index contributed by atoms with van der Waals surface area (Å²) in [5.41, 5.74) is 1.79. The first-order chi connectivity index (χ1) is 10.3. The Bertz CT molecular complexity index is 699. The minimum absolute atomic E-state index is 0.256. The van der Waals surface area contributed by atoms with Crippen molar-refractivity contribution in [3.05, 3.63) is 40.4 Å². The van der Waals surface area contributed by atoms with E-state index >= 15 is 0 Å². The maximum Gasteiger partial charge on any atom is 0.253 e. The van der Waals surface area contributed by atoms with E-state index in [-0.39, 0.29) is 16.5 Å². The molecule has 0 aliphatic heterocycles. The number of nitrogens with one attached hydrogen (secondary N) is 2. The van der Waals surface area contributed by atoms with E-state index in [1.807, 2.05) is 0 Å². The number of sulfonamides is 1. The van der Waals surface area contributed by atoms with Crippen LogP contribution in [0, 0.1) is 0 Å². The van der Waals surface area contributed by atoms with Crippen molar-refractivity contribution in [2.24, 2.45) is 0 Å². The van der Waals surface area contributed by atoms with Crippen molar-refractivity contribution < 1.29 is 13.2 Å². The van der Waals surface area contributed by atoms with E-state index in [9.17, 15) is 13.2 Å². The Morgan fingerprint density at radius 2 is 2.09 bits per heavy atom. The fraction of sp³-hybridized carbons (Fsp3) is 0.400. The molecule has 0 aromatic heterocycles. The molecule has 0 heterocycles. The Balaban J connectivity index is 2.08. The fourth-order valence-electron chi connectivity index (χ4n) is 2.33. The Kier molecular flexibility index (Phi) is 5.47. The molecule has 5 nitrogen and oxygen atoms in total. The number of carbonyl (C=O) groups excluding carboxylic acids is 1. The number of anilines is 1. The predicted molar refractivity (Wildman–Crippen MR) is 88.8 cm³/mol. The van der Waals surface area contributed by atoms with Crippen molar-refractivity contribution in [2.45, 2.75) is 25.7 Å². The lowest BCUT2D eigenvalue weighted by Gasteiger charge is -2.14. The molecule has 1 aliphatic rings. The standard InChI is InChI=1S/C15H19ClN2O3S/c1-22(20,21)18-12-7-8-14(16)13(9-12)15(19)17-10-11-5-3-2-4-6-11/h5,7-9,18H,2-4,6,10H2,1H3,(H,17,19). The summed E-state index contributed by atoms with van der Waals surface area (Å²) in [5.74, 6) is -0.311. The highest BCUT2D eigenvalue weighted by Gasteiger charge is 2.13. The second kappa shape index (κ2) is 7.15. The minimum Gasteiger partial charge on any atom is -0.348 e. The van der Waals surface area contributed by atoms with Crippen molar-refractivity contribution in [1.82, 2.24) is 5.32 Å². The van der Waals surface area contributed by atoms with Gasteiger partial charge in [0.25, 0.3) is 5.91 Å². The van der Waals surface area contributed by atoms with Crippen LogP contribution in [0.1, 0.15) is 36.0 Å². The van der Waals surface area contributed by atoms with Gasteiger partial charge in [0.1, 0.15) is 0 Å². The Morgan fingerprint density at radius 1 is 1.32 bits per heavy atom. The number of hydrogen-bond donors (Lipinski definition) is 2. The summed E-state index contributed by atoms with van der Waals surface area (Å²) in [6, 6.07) is 4.46. The van der Waals surface area contributed by atoms with Crippen molar-refractivity contribution in [3.63, 3.8) is 0 Å². The first-order valence-corrected chi connectivity index (χ1v) is 9.35. The molecule has 0 unspecified atom stereocenters. The molecule has 22 heavy (non-hydrogen) atoms. The predicted octanol–water partition coefficient (Wildman–Crippen LogP) is 2.94. The van der Waals surface area contributed by atoms with Gasteiger partial charge in [-0.05, 0) is 43.9 Å². The second-order valence-corrected chi connectivity index (χ2v) is 7.52.